The average Bonchev–Trinajstić information content (AvgIpc) is 3.01. The van der Waals surface area contributed by atoms with Crippen molar-refractivity contribution in [2.45, 2.75) is 18.9 Å². The lowest BCUT2D eigenvalue weighted by atomic mass is 10.1. The summed E-state index contributed by atoms with van der Waals surface area (Å²) in [5, 5.41) is 7.79. The fourth-order valence-corrected chi connectivity index (χ4v) is 3.27. The highest BCUT2D eigenvalue weighted by molar-refractivity contribution is 7.10. The normalized spacial score (nSPS) is 12.2. The van der Waals surface area contributed by atoms with Crippen LogP contribution in [0.4, 0.5) is 0 Å². The van der Waals surface area contributed by atoms with E-state index in [-0.39, 0.29) is 0 Å². The molecule has 1 N–H and O–H groups in total. The van der Waals surface area contributed by atoms with Gasteiger partial charge >= 0.3 is 0 Å². The minimum Gasteiger partial charge on any atom is -0.308 e. The zero-order valence-corrected chi connectivity index (χ0v) is 11.2. The molecule has 0 saturated heterocycles. The van der Waals surface area contributed by atoms with Crippen LogP contribution in [0.1, 0.15) is 22.2 Å². The van der Waals surface area contributed by atoms with E-state index in [1.165, 1.54) is 9.75 Å². The molecular weight excluding hydrogens is 246 g/mol. The summed E-state index contributed by atoms with van der Waals surface area (Å²) in [5.41, 5.74) is 0. The second kappa shape index (κ2) is 6.61. The van der Waals surface area contributed by atoms with Gasteiger partial charge in [0.1, 0.15) is 0 Å². The van der Waals surface area contributed by atoms with E-state index >= 15 is 0 Å². The Kier molecular flexibility index (Phi) is 4.81. The van der Waals surface area contributed by atoms with Crippen LogP contribution in [0.2, 0.25) is 0 Å². The lowest BCUT2D eigenvalue weighted by Gasteiger charge is -2.16. The van der Waals surface area contributed by atoms with E-state index in [1.54, 1.807) is 11.3 Å². The fraction of sp³-hybridized carbons (Fsp3) is 0.286. The van der Waals surface area contributed by atoms with Gasteiger partial charge in [-0.2, -0.15) is 0 Å². The van der Waals surface area contributed by atoms with Gasteiger partial charge in [0.2, 0.25) is 0 Å². The lowest BCUT2D eigenvalue weighted by Crippen LogP contribution is -2.23. The Morgan fingerprint density at radius 1 is 1.24 bits per heavy atom. The third kappa shape index (κ3) is 3.71. The lowest BCUT2D eigenvalue weighted by molar-refractivity contribution is 0.550. The SMILES string of the molecule is C#CCCNC(Cc1cccs1)c1cccs1. The zero-order chi connectivity index (χ0) is 11.9. The molecule has 0 aliphatic rings. The second-order valence-electron chi connectivity index (χ2n) is 3.76. The van der Waals surface area contributed by atoms with Gasteiger partial charge in [-0.1, -0.05) is 12.1 Å². The molecule has 0 aliphatic heterocycles. The van der Waals surface area contributed by atoms with E-state index in [0.717, 1.165) is 19.4 Å². The maximum Gasteiger partial charge on any atom is 0.0463 e. The predicted molar refractivity (Wildman–Crippen MR) is 76.5 cm³/mol. The molecule has 88 valence electrons. The minimum absolute atomic E-state index is 0.391. The second-order valence-corrected chi connectivity index (χ2v) is 5.77. The summed E-state index contributed by atoms with van der Waals surface area (Å²) in [6.07, 6.45) is 7.11. The maximum absolute atomic E-state index is 5.28. The summed E-state index contributed by atoms with van der Waals surface area (Å²) in [5.74, 6) is 2.67. The van der Waals surface area contributed by atoms with Crippen molar-refractivity contribution in [2.75, 3.05) is 6.54 Å². The molecule has 0 radical (unpaired) electrons. The predicted octanol–water partition coefficient (Wildman–Crippen LogP) is 3.71. The standard InChI is InChI=1S/C14H15NS2/c1-2-3-8-15-13(14-7-5-10-17-14)11-12-6-4-9-16-12/h1,4-7,9-10,13,15H,3,8,11H2. The van der Waals surface area contributed by atoms with Crippen LogP contribution >= 0.6 is 22.7 Å². The topological polar surface area (TPSA) is 12.0 Å². The summed E-state index contributed by atoms with van der Waals surface area (Å²) < 4.78 is 0. The van der Waals surface area contributed by atoms with Gasteiger partial charge in [-0.05, 0) is 22.9 Å². The van der Waals surface area contributed by atoms with Crippen molar-refractivity contribution >= 4 is 22.7 Å². The maximum atomic E-state index is 5.28. The molecule has 17 heavy (non-hydrogen) atoms. The summed E-state index contributed by atoms with van der Waals surface area (Å²) >= 11 is 3.61. The van der Waals surface area contributed by atoms with Gasteiger partial charge in [0.15, 0.2) is 0 Å². The first-order valence-electron chi connectivity index (χ1n) is 5.63. The first kappa shape index (κ1) is 12.4. The number of hydrogen-bond acceptors (Lipinski definition) is 3. The minimum atomic E-state index is 0.391. The van der Waals surface area contributed by atoms with E-state index in [9.17, 15) is 0 Å². The van der Waals surface area contributed by atoms with Gasteiger partial charge in [0.05, 0.1) is 0 Å². The molecule has 0 amide bonds. The van der Waals surface area contributed by atoms with E-state index in [1.807, 2.05) is 11.3 Å². The van der Waals surface area contributed by atoms with Crippen molar-refractivity contribution in [3.63, 3.8) is 0 Å². The molecule has 2 heterocycles. The molecule has 3 heteroatoms. The molecule has 0 saturated carbocycles. The van der Waals surface area contributed by atoms with Crippen molar-refractivity contribution < 1.29 is 0 Å². The Morgan fingerprint density at radius 3 is 2.71 bits per heavy atom. The molecule has 0 bridgehead atoms. The smallest absolute Gasteiger partial charge is 0.0463 e. The van der Waals surface area contributed by atoms with Crippen LogP contribution in [-0.2, 0) is 6.42 Å². The number of terminal acetylenes is 1. The van der Waals surface area contributed by atoms with Gasteiger partial charge < -0.3 is 5.32 Å². The van der Waals surface area contributed by atoms with Crippen molar-refractivity contribution in [1.82, 2.24) is 5.32 Å². The molecule has 1 nitrogen and oxygen atoms in total. The molecule has 0 aromatic carbocycles. The van der Waals surface area contributed by atoms with Gasteiger partial charge in [0, 0.05) is 35.2 Å². The highest BCUT2D eigenvalue weighted by atomic mass is 32.1. The van der Waals surface area contributed by atoms with Crippen LogP contribution in [0.3, 0.4) is 0 Å². The Balaban J connectivity index is 2.00. The van der Waals surface area contributed by atoms with Crippen molar-refractivity contribution in [3.05, 3.63) is 44.8 Å². The van der Waals surface area contributed by atoms with Crippen LogP contribution < -0.4 is 5.32 Å². The van der Waals surface area contributed by atoms with E-state index < -0.39 is 0 Å². The summed E-state index contributed by atoms with van der Waals surface area (Å²) in [6, 6.07) is 8.97. The fourth-order valence-electron chi connectivity index (χ4n) is 1.71. The van der Waals surface area contributed by atoms with E-state index in [0.29, 0.717) is 6.04 Å². The Morgan fingerprint density at radius 2 is 2.06 bits per heavy atom. The number of thiophene rings is 2. The van der Waals surface area contributed by atoms with Crippen LogP contribution in [0.15, 0.2) is 35.0 Å². The molecule has 1 unspecified atom stereocenters. The first-order chi connectivity index (χ1) is 8.40. The molecule has 0 fully saturated rings. The van der Waals surface area contributed by atoms with Crippen LogP contribution in [0.5, 0.6) is 0 Å². The molecule has 0 spiro atoms. The van der Waals surface area contributed by atoms with Crippen LogP contribution in [0.25, 0.3) is 0 Å². The molecule has 0 aliphatic carbocycles. The van der Waals surface area contributed by atoms with E-state index in [4.69, 9.17) is 6.42 Å². The van der Waals surface area contributed by atoms with Gasteiger partial charge in [-0.25, -0.2) is 0 Å². The molecule has 1 atom stereocenters. The summed E-state index contributed by atoms with van der Waals surface area (Å²) in [7, 11) is 0. The number of hydrogen-bond donors (Lipinski definition) is 1. The third-order valence-electron chi connectivity index (χ3n) is 2.53. The number of nitrogens with one attached hydrogen (secondary N) is 1. The van der Waals surface area contributed by atoms with Crippen LogP contribution in [0, 0.1) is 12.3 Å². The Hall–Kier alpha value is -1.08. The van der Waals surface area contributed by atoms with Crippen molar-refractivity contribution in [3.8, 4) is 12.3 Å². The highest BCUT2D eigenvalue weighted by Crippen LogP contribution is 2.24. The zero-order valence-electron chi connectivity index (χ0n) is 9.56. The number of rotatable bonds is 6. The average molecular weight is 261 g/mol. The Labute approximate surface area is 111 Å². The van der Waals surface area contributed by atoms with E-state index in [2.05, 4.69) is 46.3 Å². The van der Waals surface area contributed by atoms with Crippen LogP contribution in [-0.4, -0.2) is 6.54 Å². The first-order valence-corrected chi connectivity index (χ1v) is 7.38. The Bertz CT molecular complexity index is 451. The molecule has 2 aromatic heterocycles. The molecule has 2 rings (SSSR count). The largest absolute Gasteiger partial charge is 0.308 e. The molecular formula is C14H15NS2. The third-order valence-corrected chi connectivity index (χ3v) is 4.42. The van der Waals surface area contributed by atoms with Crippen molar-refractivity contribution in [1.29, 1.82) is 0 Å². The highest BCUT2D eigenvalue weighted by Gasteiger charge is 2.12. The van der Waals surface area contributed by atoms with Crippen molar-refractivity contribution in [2.24, 2.45) is 0 Å². The molecule has 2 aromatic rings. The van der Waals surface area contributed by atoms with Gasteiger partial charge in [-0.3, -0.25) is 0 Å². The quantitative estimate of drug-likeness (QED) is 0.617. The van der Waals surface area contributed by atoms with Gasteiger partial charge in [-0.15, -0.1) is 35.0 Å². The summed E-state index contributed by atoms with van der Waals surface area (Å²) in [4.78, 5) is 2.80. The summed E-state index contributed by atoms with van der Waals surface area (Å²) in [6.45, 7) is 0.879. The monoisotopic (exact) mass is 261 g/mol. The van der Waals surface area contributed by atoms with Gasteiger partial charge in [0.25, 0.3) is 0 Å².